The van der Waals surface area contributed by atoms with Gasteiger partial charge in [0.05, 0.1) is 5.92 Å². The lowest BCUT2D eigenvalue weighted by molar-refractivity contribution is 0.135. The Morgan fingerprint density at radius 3 is 2.90 bits per heavy atom. The molecule has 110 valence electrons. The number of hydrogen-bond donors (Lipinski definition) is 1. The number of carbonyl (C=O) groups excluding carboxylic acids is 1. The summed E-state index contributed by atoms with van der Waals surface area (Å²) in [6.45, 7) is 5.07. The molecule has 2 amide bonds. The summed E-state index contributed by atoms with van der Waals surface area (Å²) in [6, 6.07) is 5.63. The van der Waals surface area contributed by atoms with Gasteiger partial charge in [-0.1, -0.05) is 11.2 Å². The highest BCUT2D eigenvalue weighted by Gasteiger charge is 2.35. The van der Waals surface area contributed by atoms with Crippen LogP contribution in [-0.2, 0) is 0 Å². The average Bonchev–Trinajstić information content (AvgIpc) is 2.86. The second-order valence-corrected chi connectivity index (χ2v) is 5.38. The minimum Gasteiger partial charge on any atom is -0.338 e. The van der Waals surface area contributed by atoms with Gasteiger partial charge in [0.2, 0.25) is 11.7 Å². The fourth-order valence-electron chi connectivity index (χ4n) is 2.14. The number of likely N-dealkylation sites (tertiary alicyclic amines) is 1. The second-order valence-electron chi connectivity index (χ2n) is 5.38. The van der Waals surface area contributed by atoms with Gasteiger partial charge in [0.1, 0.15) is 5.69 Å². The van der Waals surface area contributed by atoms with Crippen molar-refractivity contribution in [3.05, 3.63) is 30.3 Å². The molecule has 1 aliphatic rings. The first kappa shape index (κ1) is 13.5. The summed E-state index contributed by atoms with van der Waals surface area (Å²) in [4.78, 5) is 22.0. The Hall–Kier alpha value is -2.44. The molecule has 0 aliphatic carbocycles. The van der Waals surface area contributed by atoms with Crippen molar-refractivity contribution in [3.8, 4) is 11.5 Å². The lowest BCUT2D eigenvalue weighted by Gasteiger charge is -2.37. The molecule has 1 saturated heterocycles. The Morgan fingerprint density at radius 1 is 1.43 bits per heavy atom. The van der Waals surface area contributed by atoms with E-state index in [0.29, 0.717) is 30.5 Å². The van der Waals surface area contributed by atoms with Crippen LogP contribution in [0.5, 0.6) is 0 Å². The molecular formula is C14H17N5O2. The fraction of sp³-hybridized carbons (Fsp3) is 0.429. The molecule has 1 N–H and O–H groups in total. The standard InChI is InChI=1S/C14H17N5O2/c1-9(2)16-14(20)19-7-10(8-19)13-17-12(18-21-13)11-5-3-4-6-15-11/h3-6,9-10H,7-8H2,1-2H3,(H,16,20). The maximum atomic E-state index is 11.8. The first-order chi connectivity index (χ1) is 10.1. The predicted molar refractivity (Wildman–Crippen MR) is 75.5 cm³/mol. The number of nitrogens with zero attached hydrogens (tertiary/aromatic N) is 4. The van der Waals surface area contributed by atoms with Gasteiger partial charge in [-0.15, -0.1) is 0 Å². The summed E-state index contributed by atoms with van der Waals surface area (Å²) in [5.41, 5.74) is 0.682. The Kier molecular flexibility index (Phi) is 3.55. The van der Waals surface area contributed by atoms with Gasteiger partial charge < -0.3 is 14.7 Å². The van der Waals surface area contributed by atoms with Crippen LogP contribution >= 0.6 is 0 Å². The fourth-order valence-corrected chi connectivity index (χ4v) is 2.14. The maximum absolute atomic E-state index is 11.8. The second kappa shape index (κ2) is 5.51. The number of urea groups is 1. The van der Waals surface area contributed by atoms with E-state index in [-0.39, 0.29) is 18.0 Å². The first-order valence-corrected chi connectivity index (χ1v) is 6.94. The number of nitrogens with one attached hydrogen (secondary N) is 1. The summed E-state index contributed by atoms with van der Waals surface area (Å²) in [6.07, 6.45) is 1.69. The molecule has 0 atom stereocenters. The van der Waals surface area contributed by atoms with Crippen molar-refractivity contribution in [3.63, 3.8) is 0 Å². The van der Waals surface area contributed by atoms with Crippen molar-refractivity contribution in [2.24, 2.45) is 0 Å². The highest BCUT2D eigenvalue weighted by molar-refractivity contribution is 5.75. The van der Waals surface area contributed by atoms with Gasteiger partial charge in [-0.2, -0.15) is 4.98 Å². The van der Waals surface area contributed by atoms with E-state index in [1.165, 1.54) is 0 Å². The van der Waals surface area contributed by atoms with Crippen LogP contribution in [0, 0.1) is 0 Å². The van der Waals surface area contributed by atoms with E-state index in [0.717, 1.165) is 0 Å². The topological polar surface area (TPSA) is 84.2 Å². The SMILES string of the molecule is CC(C)NC(=O)N1CC(c2nc(-c3ccccn3)no2)C1. The number of pyridine rings is 1. The summed E-state index contributed by atoms with van der Waals surface area (Å²) in [7, 11) is 0. The molecule has 0 bridgehead atoms. The summed E-state index contributed by atoms with van der Waals surface area (Å²) in [5, 5.41) is 6.80. The van der Waals surface area contributed by atoms with Crippen molar-refractivity contribution in [1.82, 2.24) is 25.3 Å². The molecule has 3 rings (SSSR count). The maximum Gasteiger partial charge on any atom is 0.317 e. The Labute approximate surface area is 122 Å². The van der Waals surface area contributed by atoms with Gasteiger partial charge in [-0.05, 0) is 26.0 Å². The molecule has 0 spiro atoms. The van der Waals surface area contributed by atoms with E-state index in [1.807, 2.05) is 32.0 Å². The zero-order chi connectivity index (χ0) is 14.8. The van der Waals surface area contributed by atoms with E-state index < -0.39 is 0 Å². The highest BCUT2D eigenvalue weighted by atomic mass is 16.5. The molecule has 21 heavy (non-hydrogen) atoms. The zero-order valence-corrected chi connectivity index (χ0v) is 12.0. The molecule has 0 radical (unpaired) electrons. The minimum atomic E-state index is -0.0503. The summed E-state index contributed by atoms with van der Waals surface area (Å²) < 4.78 is 5.27. The van der Waals surface area contributed by atoms with Crippen molar-refractivity contribution in [2.45, 2.75) is 25.8 Å². The van der Waals surface area contributed by atoms with Crippen LogP contribution in [0.25, 0.3) is 11.5 Å². The smallest absolute Gasteiger partial charge is 0.317 e. The van der Waals surface area contributed by atoms with E-state index in [4.69, 9.17) is 4.52 Å². The molecule has 2 aromatic rings. The minimum absolute atomic E-state index is 0.0503. The number of amides is 2. The van der Waals surface area contributed by atoms with Crippen molar-refractivity contribution in [2.75, 3.05) is 13.1 Å². The largest absolute Gasteiger partial charge is 0.338 e. The monoisotopic (exact) mass is 287 g/mol. The van der Waals surface area contributed by atoms with Crippen LogP contribution in [0.1, 0.15) is 25.7 Å². The summed E-state index contributed by atoms with van der Waals surface area (Å²) >= 11 is 0. The van der Waals surface area contributed by atoms with Crippen LogP contribution in [-0.4, -0.2) is 45.2 Å². The average molecular weight is 287 g/mol. The van der Waals surface area contributed by atoms with Gasteiger partial charge in [-0.3, -0.25) is 4.98 Å². The van der Waals surface area contributed by atoms with E-state index in [9.17, 15) is 4.79 Å². The third-order valence-corrected chi connectivity index (χ3v) is 3.27. The summed E-state index contributed by atoms with van der Waals surface area (Å²) in [5.74, 6) is 1.15. The van der Waals surface area contributed by atoms with Gasteiger partial charge in [0.25, 0.3) is 0 Å². The van der Waals surface area contributed by atoms with Crippen LogP contribution in [0.2, 0.25) is 0 Å². The Morgan fingerprint density at radius 2 is 2.24 bits per heavy atom. The third-order valence-electron chi connectivity index (χ3n) is 3.27. The third kappa shape index (κ3) is 2.86. The lowest BCUT2D eigenvalue weighted by Crippen LogP contribution is -2.53. The molecule has 7 heteroatoms. The molecule has 0 saturated carbocycles. The van der Waals surface area contributed by atoms with Crippen LogP contribution in [0.15, 0.2) is 28.9 Å². The van der Waals surface area contributed by atoms with Crippen LogP contribution < -0.4 is 5.32 Å². The van der Waals surface area contributed by atoms with Gasteiger partial charge in [0.15, 0.2) is 0 Å². The van der Waals surface area contributed by atoms with Gasteiger partial charge in [0, 0.05) is 25.3 Å². The molecule has 0 unspecified atom stereocenters. The molecule has 1 aliphatic heterocycles. The highest BCUT2D eigenvalue weighted by Crippen LogP contribution is 2.27. The van der Waals surface area contributed by atoms with E-state index in [1.54, 1.807) is 11.1 Å². The molecule has 7 nitrogen and oxygen atoms in total. The van der Waals surface area contributed by atoms with Crippen molar-refractivity contribution >= 4 is 6.03 Å². The Balaban J connectivity index is 1.61. The van der Waals surface area contributed by atoms with Gasteiger partial charge in [-0.25, -0.2) is 4.79 Å². The lowest BCUT2D eigenvalue weighted by atomic mass is 10.0. The normalized spacial score (nSPS) is 15.1. The Bertz CT molecular complexity index is 619. The predicted octanol–water partition coefficient (Wildman–Crippen LogP) is 1.65. The van der Waals surface area contributed by atoms with E-state index >= 15 is 0 Å². The molecule has 2 aromatic heterocycles. The molecule has 0 aromatic carbocycles. The number of rotatable bonds is 3. The zero-order valence-electron chi connectivity index (χ0n) is 12.0. The number of carbonyl (C=O) groups is 1. The molecule has 3 heterocycles. The number of aromatic nitrogens is 3. The van der Waals surface area contributed by atoms with Crippen LogP contribution in [0.3, 0.4) is 0 Å². The van der Waals surface area contributed by atoms with Crippen LogP contribution in [0.4, 0.5) is 4.79 Å². The molecule has 1 fully saturated rings. The molecular weight excluding hydrogens is 270 g/mol. The van der Waals surface area contributed by atoms with Crippen molar-refractivity contribution in [1.29, 1.82) is 0 Å². The van der Waals surface area contributed by atoms with Crippen molar-refractivity contribution < 1.29 is 9.32 Å². The quantitative estimate of drug-likeness (QED) is 0.928. The first-order valence-electron chi connectivity index (χ1n) is 6.94. The van der Waals surface area contributed by atoms with E-state index in [2.05, 4.69) is 20.4 Å². The number of hydrogen-bond acceptors (Lipinski definition) is 5. The van der Waals surface area contributed by atoms with Gasteiger partial charge >= 0.3 is 6.03 Å².